The van der Waals surface area contributed by atoms with Crippen molar-refractivity contribution in [1.29, 1.82) is 0 Å². The van der Waals surface area contributed by atoms with Crippen molar-refractivity contribution < 1.29 is 23.1 Å². The predicted octanol–water partition coefficient (Wildman–Crippen LogP) is 3.99. The second-order valence-corrected chi connectivity index (χ2v) is 6.45. The number of carboxylic acid groups (broad SMARTS) is 1. The second-order valence-electron chi connectivity index (χ2n) is 6.45. The fourth-order valence-corrected chi connectivity index (χ4v) is 3.42. The first-order chi connectivity index (χ1) is 12.4. The highest BCUT2D eigenvalue weighted by molar-refractivity contribution is 5.70. The molecule has 3 rings (SSSR count). The molecule has 1 atom stereocenters. The summed E-state index contributed by atoms with van der Waals surface area (Å²) in [5.74, 6) is -1.16. The van der Waals surface area contributed by atoms with Crippen LogP contribution in [-0.4, -0.2) is 34.0 Å². The van der Waals surface area contributed by atoms with Gasteiger partial charge in [-0.05, 0) is 61.3 Å². The lowest BCUT2D eigenvalue weighted by molar-refractivity contribution is -0.143. The Hall–Kier alpha value is -2.41. The SMILES string of the molecule is O=C(O)C1CCN(C(c2ccncc2)c2ccc(C(F)(F)F)cc2)CC1. The summed E-state index contributed by atoms with van der Waals surface area (Å²) in [6, 6.07) is 8.63. The lowest BCUT2D eigenvalue weighted by atomic mass is 9.91. The molecule has 2 heterocycles. The summed E-state index contributed by atoms with van der Waals surface area (Å²) in [5, 5.41) is 9.17. The van der Waals surface area contributed by atoms with E-state index in [1.807, 2.05) is 12.1 Å². The number of aromatic nitrogens is 1. The van der Waals surface area contributed by atoms with E-state index >= 15 is 0 Å². The molecular weight excluding hydrogens is 345 g/mol. The van der Waals surface area contributed by atoms with E-state index < -0.39 is 17.7 Å². The molecule has 0 saturated carbocycles. The number of hydrogen-bond donors (Lipinski definition) is 1. The molecule has 1 aliphatic heterocycles. The lowest BCUT2D eigenvalue weighted by Crippen LogP contribution is -2.39. The number of likely N-dealkylation sites (tertiary alicyclic amines) is 1. The van der Waals surface area contributed by atoms with Gasteiger partial charge in [0.05, 0.1) is 17.5 Å². The van der Waals surface area contributed by atoms with Crippen LogP contribution >= 0.6 is 0 Å². The Kier molecular flexibility index (Phi) is 5.27. The highest BCUT2D eigenvalue weighted by Gasteiger charge is 2.32. The molecule has 0 aliphatic carbocycles. The minimum absolute atomic E-state index is 0.227. The molecule has 1 fully saturated rings. The van der Waals surface area contributed by atoms with Crippen molar-refractivity contribution in [2.45, 2.75) is 25.1 Å². The van der Waals surface area contributed by atoms with Crippen LogP contribution in [0.25, 0.3) is 0 Å². The van der Waals surface area contributed by atoms with Crippen LogP contribution in [0.2, 0.25) is 0 Å². The number of piperidine rings is 1. The molecule has 1 saturated heterocycles. The molecule has 1 unspecified atom stereocenters. The van der Waals surface area contributed by atoms with E-state index in [1.165, 1.54) is 12.1 Å². The van der Waals surface area contributed by atoms with E-state index in [2.05, 4.69) is 9.88 Å². The minimum atomic E-state index is -4.37. The van der Waals surface area contributed by atoms with Crippen LogP contribution in [0, 0.1) is 5.92 Å². The van der Waals surface area contributed by atoms with Crippen LogP contribution in [0.4, 0.5) is 13.2 Å². The van der Waals surface area contributed by atoms with Crippen molar-refractivity contribution in [3.05, 3.63) is 65.5 Å². The number of pyridine rings is 1. The second kappa shape index (κ2) is 7.45. The Balaban J connectivity index is 1.89. The quantitative estimate of drug-likeness (QED) is 0.891. The summed E-state index contributed by atoms with van der Waals surface area (Å²) in [4.78, 5) is 17.3. The number of nitrogens with zero attached hydrogens (tertiary/aromatic N) is 2. The molecule has 0 radical (unpaired) electrons. The monoisotopic (exact) mass is 364 g/mol. The van der Waals surface area contributed by atoms with Gasteiger partial charge in [0.1, 0.15) is 0 Å². The third-order valence-electron chi connectivity index (χ3n) is 4.82. The van der Waals surface area contributed by atoms with Crippen molar-refractivity contribution in [2.24, 2.45) is 5.92 Å². The molecule has 1 aliphatic rings. The minimum Gasteiger partial charge on any atom is -0.481 e. The van der Waals surface area contributed by atoms with Gasteiger partial charge in [-0.2, -0.15) is 13.2 Å². The maximum absolute atomic E-state index is 12.8. The Morgan fingerprint density at radius 3 is 2.08 bits per heavy atom. The van der Waals surface area contributed by atoms with Crippen LogP contribution in [0.3, 0.4) is 0 Å². The number of benzene rings is 1. The van der Waals surface area contributed by atoms with Gasteiger partial charge < -0.3 is 5.11 Å². The highest BCUT2D eigenvalue weighted by Crippen LogP contribution is 2.35. The topological polar surface area (TPSA) is 53.4 Å². The number of carboxylic acids is 1. The zero-order chi connectivity index (χ0) is 18.7. The standard InChI is InChI=1S/C19H19F3N2O2/c20-19(21,22)16-3-1-13(2-4-16)17(14-5-9-23-10-6-14)24-11-7-15(8-12-24)18(25)26/h1-6,9-10,15,17H,7-8,11-12H2,(H,25,26). The molecule has 26 heavy (non-hydrogen) atoms. The summed E-state index contributed by atoms with van der Waals surface area (Å²) < 4.78 is 38.5. The van der Waals surface area contributed by atoms with Gasteiger partial charge in [0.2, 0.25) is 0 Å². The molecule has 7 heteroatoms. The Morgan fingerprint density at radius 1 is 1.04 bits per heavy atom. The van der Waals surface area contributed by atoms with Crippen LogP contribution in [0.1, 0.15) is 35.6 Å². The van der Waals surface area contributed by atoms with Crippen molar-refractivity contribution in [3.8, 4) is 0 Å². The van der Waals surface area contributed by atoms with Gasteiger partial charge >= 0.3 is 12.1 Å². The molecule has 0 spiro atoms. The Bertz CT molecular complexity index is 740. The smallest absolute Gasteiger partial charge is 0.416 e. The lowest BCUT2D eigenvalue weighted by Gasteiger charge is -2.37. The van der Waals surface area contributed by atoms with Crippen LogP contribution in [-0.2, 0) is 11.0 Å². The van der Waals surface area contributed by atoms with E-state index in [4.69, 9.17) is 0 Å². The zero-order valence-corrected chi connectivity index (χ0v) is 14.0. The number of hydrogen-bond acceptors (Lipinski definition) is 3. The predicted molar refractivity (Wildman–Crippen MR) is 89.5 cm³/mol. The first kappa shape index (κ1) is 18.4. The van der Waals surface area contributed by atoms with Crippen molar-refractivity contribution in [1.82, 2.24) is 9.88 Å². The third-order valence-corrected chi connectivity index (χ3v) is 4.82. The van der Waals surface area contributed by atoms with Gasteiger partial charge in [0.25, 0.3) is 0 Å². The van der Waals surface area contributed by atoms with Crippen LogP contribution in [0.15, 0.2) is 48.8 Å². The third kappa shape index (κ3) is 4.04. The summed E-state index contributed by atoms with van der Waals surface area (Å²) in [7, 11) is 0. The number of rotatable bonds is 4. The normalized spacial score (nSPS) is 17.8. The van der Waals surface area contributed by atoms with E-state index in [1.54, 1.807) is 12.4 Å². The van der Waals surface area contributed by atoms with E-state index in [0.717, 1.165) is 23.3 Å². The van der Waals surface area contributed by atoms with Gasteiger partial charge in [0.15, 0.2) is 0 Å². The molecular formula is C19H19F3N2O2. The molecule has 1 aromatic heterocycles. The van der Waals surface area contributed by atoms with Gasteiger partial charge in [-0.15, -0.1) is 0 Å². The van der Waals surface area contributed by atoms with Gasteiger partial charge in [-0.3, -0.25) is 14.7 Å². The zero-order valence-electron chi connectivity index (χ0n) is 14.0. The van der Waals surface area contributed by atoms with Crippen LogP contribution in [0.5, 0.6) is 0 Å². The number of alkyl halides is 3. The first-order valence-corrected chi connectivity index (χ1v) is 8.40. The number of halogens is 3. The average molecular weight is 364 g/mol. The molecule has 1 aromatic carbocycles. The van der Waals surface area contributed by atoms with E-state index in [0.29, 0.717) is 25.9 Å². The Labute approximate surface area is 149 Å². The fourth-order valence-electron chi connectivity index (χ4n) is 3.42. The van der Waals surface area contributed by atoms with Gasteiger partial charge in [0, 0.05) is 12.4 Å². The largest absolute Gasteiger partial charge is 0.481 e. The summed E-state index contributed by atoms with van der Waals surface area (Å²) in [5.41, 5.74) is 0.992. The van der Waals surface area contributed by atoms with E-state index in [9.17, 15) is 23.1 Å². The van der Waals surface area contributed by atoms with Crippen molar-refractivity contribution in [2.75, 3.05) is 13.1 Å². The molecule has 2 aromatic rings. The van der Waals surface area contributed by atoms with E-state index in [-0.39, 0.29) is 12.0 Å². The maximum atomic E-state index is 12.8. The molecule has 1 N–H and O–H groups in total. The van der Waals surface area contributed by atoms with Crippen molar-refractivity contribution in [3.63, 3.8) is 0 Å². The molecule has 0 amide bonds. The summed E-state index contributed by atoms with van der Waals surface area (Å²) >= 11 is 0. The first-order valence-electron chi connectivity index (χ1n) is 8.40. The highest BCUT2D eigenvalue weighted by atomic mass is 19.4. The maximum Gasteiger partial charge on any atom is 0.416 e. The van der Waals surface area contributed by atoms with Crippen molar-refractivity contribution >= 4 is 5.97 Å². The summed E-state index contributed by atoms with van der Waals surface area (Å²) in [6.07, 6.45) is -0.0214. The fraction of sp³-hybridized carbons (Fsp3) is 0.368. The average Bonchev–Trinajstić information content (AvgIpc) is 2.63. The Morgan fingerprint density at radius 2 is 1.58 bits per heavy atom. The number of carbonyl (C=O) groups is 1. The summed E-state index contributed by atoms with van der Waals surface area (Å²) in [6.45, 7) is 1.15. The molecule has 4 nitrogen and oxygen atoms in total. The van der Waals surface area contributed by atoms with Gasteiger partial charge in [-0.25, -0.2) is 0 Å². The van der Waals surface area contributed by atoms with Gasteiger partial charge in [-0.1, -0.05) is 12.1 Å². The molecule has 0 bridgehead atoms. The number of aliphatic carboxylic acids is 1. The molecule has 138 valence electrons. The van der Waals surface area contributed by atoms with Crippen LogP contribution < -0.4 is 0 Å².